The van der Waals surface area contributed by atoms with Crippen LogP contribution in [0.15, 0.2) is 12.1 Å². The van der Waals surface area contributed by atoms with Gasteiger partial charge in [0.15, 0.2) is 0 Å². The van der Waals surface area contributed by atoms with E-state index in [2.05, 4.69) is 5.32 Å². The lowest BCUT2D eigenvalue weighted by Gasteiger charge is -2.13. The van der Waals surface area contributed by atoms with E-state index in [1.807, 2.05) is 39.8 Å². The van der Waals surface area contributed by atoms with Gasteiger partial charge in [-0.2, -0.15) is 0 Å². The van der Waals surface area contributed by atoms with Gasteiger partial charge in [0.2, 0.25) is 0 Å². The topological polar surface area (TPSA) is 66.4 Å². The highest BCUT2D eigenvalue weighted by Crippen LogP contribution is 2.16. The molecule has 0 bridgehead atoms. The van der Waals surface area contributed by atoms with E-state index in [-0.39, 0.29) is 12.3 Å². The second kappa shape index (κ2) is 7.81. The van der Waals surface area contributed by atoms with Crippen LogP contribution >= 0.6 is 0 Å². The highest BCUT2D eigenvalue weighted by Gasteiger charge is 2.13. The number of hydrogen-bond donors (Lipinski definition) is 2. The summed E-state index contributed by atoms with van der Waals surface area (Å²) in [6.07, 6.45) is 1.63. The number of carbonyl (C=O) groups is 2. The van der Waals surface area contributed by atoms with E-state index in [4.69, 9.17) is 5.11 Å². The minimum Gasteiger partial charge on any atom is -0.481 e. The summed E-state index contributed by atoms with van der Waals surface area (Å²) in [4.78, 5) is 22.7. The maximum absolute atomic E-state index is 12.2. The molecule has 0 radical (unpaired) electrons. The fraction of sp³-hybridized carbons (Fsp3) is 0.529. The number of benzene rings is 1. The first-order valence-electron chi connectivity index (χ1n) is 7.39. The molecule has 0 saturated carbocycles. The van der Waals surface area contributed by atoms with Gasteiger partial charge in [-0.25, -0.2) is 0 Å². The molecule has 0 aliphatic heterocycles. The Morgan fingerprint density at radius 1 is 1.14 bits per heavy atom. The number of aliphatic carboxylic acids is 1. The smallest absolute Gasteiger partial charge is 0.303 e. The van der Waals surface area contributed by atoms with Crippen molar-refractivity contribution < 1.29 is 14.7 Å². The van der Waals surface area contributed by atoms with Crippen molar-refractivity contribution in [1.82, 2.24) is 5.32 Å². The molecule has 21 heavy (non-hydrogen) atoms. The van der Waals surface area contributed by atoms with Gasteiger partial charge in [-0.1, -0.05) is 24.6 Å². The minimum atomic E-state index is -0.767. The Hall–Kier alpha value is -1.84. The number of amides is 1. The van der Waals surface area contributed by atoms with E-state index in [9.17, 15) is 9.59 Å². The molecular weight excluding hydrogens is 266 g/mol. The van der Waals surface area contributed by atoms with Gasteiger partial charge in [-0.05, 0) is 50.7 Å². The lowest BCUT2D eigenvalue weighted by molar-refractivity contribution is -0.137. The zero-order chi connectivity index (χ0) is 16.0. The molecule has 4 heteroatoms. The van der Waals surface area contributed by atoms with Crippen LogP contribution < -0.4 is 5.32 Å². The van der Waals surface area contributed by atoms with E-state index in [1.165, 1.54) is 0 Å². The molecule has 0 fully saturated rings. The van der Waals surface area contributed by atoms with Gasteiger partial charge >= 0.3 is 5.97 Å². The normalized spacial score (nSPS) is 12.0. The summed E-state index contributed by atoms with van der Waals surface area (Å²) >= 11 is 0. The van der Waals surface area contributed by atoms with E-state index in [0.717, 1.165) is 28.7 Å². The van der Waals surface area contributed by atoms with Crippen LogP contribution in [0.5, 0.6) is 0 Å². The second-order valence-electron chi connectivity index (χ2n) is 5.86. The Balaban J connectivity index is 2.50. The summed E-state index contributed by atoms with van der Waals surface area (Å²) in [6.45, 7) is 8.50. The highest BCUT2D eigenvalue weighted by molar-refractivity contribution is 5.97. The number of carbonyl (C=O) groups excluding carboxylic acids is 1. The van der Waals surface area contributed by atoms with Crippen molar-refractivity contribution in [2.45, 2.75) is 47.0 Å². The summed E-state index contributed by atoms with van der Waals surface area (Å²) in [5.41, 5.74) is 3.88. The molecule has 1 unspecified atom stereocenters. The molecule has 1 aromatic carbocycles. The zero-order valence-electron chi connectivity index (χ0n) is 13.3. The van der Waals surface area contributed by atoms with Gasteiger partial charge in [-0.3, -0.25) is 9.59 Å². The number of carboxylic acids is 1. The van der Waals surface area contributed by atoms with Gasteiger partial charge in [-0.15, -0.1) is 0 Å². The van der Waals surface area contributed by atoms with Crippen molar-refractivity contribution in [3.63, 3.8) is 0 Å². The van der Waals surface area contributed by atoms with Gasteiger partial charge in [0.25, 0.3) is 5.91 Å². The third-order valence-electron chi connectivity index (χ3n) is 3.68. The van der Waals surface area contributed by atoms with Crippen molar-refractivity contribution in [2.24, 2.45) is 5.92 Å². The highest BCUT2D eigenvalue weighted by atomic mass is 16.4. The van der Waals surface area contributed by atoms with Crippen LogP contribution in [0.2, 0.25) is 0 Å². The van der Waals surface area contributed by atoms with Gasteiger partial charge in [0.1, 0.15) is 0 Å². The molecule has 0 aromatic heterocycles. The lowest BCUT2D eigenvalue weighted by Crippen LogP contribution is -2.27. The minimum absolute atomic E-state index is 0.0459. The third-order valence-corrected chi connectivity index (χ3v) is 3.68. The van der Waals surface area contributed by atoms with E-state index in [0.29, 0.717) is 18.9 Å². The molecule has 0 heterocycles. The number of nitrogens with one attached hydrogen (secondary N) is 1. The first kappa shape index (κ1) is 17.2. The number of carboxylic acid groups (broad SMARTS) is 1. The van der Waals surface area contributed by atoms with Crippen molar-refractivity contribution in [3.05, 3.63) is 34.4 Å². The van der Waals surface area contributed by atoms with Crippen LogP contribution in [0.4, 0.5) is 0 Å². The van der Waals surface area contributed by atoms with Crippen LogP contribution in [0, 0.1) is 26.7 Å². The number of rotatable bonds is 7. The molecule has 2 N–H and O–H groups in total. The molecule has 4 nitrogen and oxygen atoms in total. The molecule has 1 aromatic rings. The molecule has 0 saturated heterocycles. The molecule has 1 rings (SSSR count). The average molecular weight is 291 g/mol. The molecule has 0 spiro atoms. The molecule has 1 amide bonds. The Bertz CT molecular complexity index is 500. The standard InChI is InChI=1S/C17H25NO3/c1-11(5-6-15(19)20)7-8-18-17(21)16-13(3)9-12(2)10-14(16)4/h9-11H,5-8H2,1-4H3,(H,18,21)(H,19,20). The second-order valence-corrected chi connectivity index (χ2v) is 5.86. The van der Waals surface area contributed by atoms with Gasteiger partial charge in [0.05, 0.1) is 0 Å². The summed E-state index contributed by atoms with van der Waals surface area (Å²) in [6, 6.07) is 4.02. The predicted octanol–water partition coefficient (Wildman–Crippen LogP) is 3.23. The maximum Gasteiger partial charge on any atom is 0.303 e. The van der Waals surface area contributed by atoms with Crippen LogP contribution in [0.25, 0.3) is 0 Å². The fourth-order valence-corrected chi connectivity index (χ4v) is 2.57. The average Bonchev–Trinajstić information content (AvgIpc) is 2.35. The Morgan fingerprint density at radius 2 is 1.71 bits per heavy atom. The Kier molecular flexibility index (Phi) is 6.40. The van der Waals surface area contributed by atoms with Crippen LogP contribution in [0.3, 0.4) is 0 Å². The van der Waals surface area contributed by atoms with Crippen molar-refractivity contribution in [3.8, 4) is 0 Å². The molecular formula is C17H25NO3. The van der Waals surface area contributed by atoms with E-state index < -0.39 is 5.97 Å². The molecule has 0 aliphatic rings. The van der Waals surface area contributed by atoms with Crippen molar-refractivity contribution in [1.29, 1.82) is 0 Å². The molecule has 116 valence electrons. The first-order chi connectivity index (χ1) is 9.81. The Labute approximate surface area is 126 Å². The lowest BCUT2D eigenvalue weighted by atomic mass is 9.98. The third kappa shape index (κ3) is 5.58. The van der Waals surface area contributed by atoms with Crippen LogP contribution in [-0.2, 0) is 4.79 Å². The summed E-state index contributed by atoms with van der Waals surface area (Å²) < 4.78 is 0. The number of aryl methyl sites for hydroxylation is 3. The summed E-state index contributed by atoms with van der Waals surface area (Å²) in [5, 5.41) is 11.6. The predicted molar refractivity (Wildman–Crippen MR) is 83.6 cm³/mol. The fourth-order valence-electron chi connectivity index (χ4n) is 2.57. The maximum atomic E-state index is 12.2. The van der Waals surface area contributed by atoms with Crippen LogP contribution in [-0.4, -0.2) is 23.5 Å². The van der Waals surface area contributed by atoms with Crippen molar-refractivity contribution >= 4 is 11.9 Å². The number of hydrogen-bond acceptors (Lipinski definition) is 2. The monoisotopic (exact) mass is 291 g/mol. The van der Waals surface area contributed by atoms with Crippen molar-refractivity contribution in [2.75, 3.05) is 6.54 Å². The Morgan fingerprint density at radius 3 is 2.24 bits per heavy atom. The van der Waals surface area contributed by atoms with E-state index in [1.54, 1.807) is 0 Å². The largest absolute Gasteiger partial charge is 0.481 e. The zero-order valence-corrected chi connectivity index (χ0v) is 13.3. The van der Waals surface area contributed by atoms with Gasteiger partial charge < -0.3 is 10.4 Å². The quantitative estimate of drug-likeness (QED) is 0.810. The molecule has 0 aliphatic carbocycles. The SMILES string of the molecule is Cc1cc(C)c(C(=O)NCCC(C)CCC(=O)O)c(C)c1. The van der Waals surface area contributed by atoms with E-state index >= 15 is 0 Å². The molecule has 1 atom stereocenters. The van der Waals surface area contributed by atoms with Gasteiger partial charge in [0, 0.05) is 18.5 Å². The van der Waals surface area contributed by atoms with Crippen LogP contribution in [0.1, 0.15) is 53.2 Å². The first-order valence-corrected chi connectivity index (χ1v) is 7.39. The summed E-state index contributed by atoms with van der Waals surface area (Å²) in [5.74, 6) is -0.520. The summed E-state index contributed by atoms with van der Waals surface area (Å²) in [7, 11) is 0.